The second-order valence-corrected chi connectivity index (χ2v) is 6.68. The molecule has 3 aromatic rings. The van der Waals surface area contributed by atoms with Crippen molar-refractivity contribution >= 4 is 41.1 Å². The van der Waals surface area contributed by atoms with Crippen LogP contribution in [0.4, 0.5) is 0 Å². The molecule has 0 atom stereocenters. The van der Waals surface area contributed by atoms with Gasteiger partial charge in [-0.15, -0.1) is 0 Å². The number of rotatable bonds is 3. The van der Waals surface area contributed by atoms with Crippen LogP contribution in [0.5, 0.6) is 0 Å². The number of hydrogen-bond acceptors (Lipinski definition) is 4. The Morgan fingerprint density at radius 1 is 1.07 bits per heavy atom. The summed E-state index contributed by atoms with van der Waals surface area (Å²) in [5.41, 5.74) is 2.90. The van der Waals surface area contributed by atoms with Gasteiger partial charge in [-0.2, -0.15) is 5.10 Å². The molecule has 0 saturated carbocycles. The largest absolute Gasteiger partial charge is 0.402 e. The van der Waals surface area contributed by atoms with Crippen molar-refractivity contribution in [3.63, 3.8) is 0 Å². The van der Waals surface area contributed by atoms with Crippen LogP contribution in [0, 0.1) is 6.92 Å². The van der Waals surface area contributed by atoms with Crippen molar-refractivity contribution < 1.29 is 9.53 Å². The van der Waals surface area contributed by atoms with E-state index in [1.165, 1.54) is 0 Å². The van der Waals surface area contributed by atoms with Crippen LogP contribution in [0.15, 0.2) is 65.3 Å². The van der Waals surface area contributed by atoms with E-state index in [4.69, 9.17) is 27.9 Å². The lowest BCUT2D eigenvalue weighted by Gasteiger charge is -2.01. The minimum Gasteiger partial charge on any atom is -0.402 e. The predicted molar refractivity (Wildman–Crippen MR) is 105 cm³/mol. The molecular weight excluding hydrogens is 385 g/mol. The van der Waals surface area contributed by atoms with Gasteiger partial charge < -0.3 is 4.74 Å². The van der Waals surface area contributed by atoms with Crippen LogP contribution in [0.1, 0.15) is 16.8 Å². The molecule has 1 aliphatic heterocycles. The molecule has 5 nitrogen and oxygen atoms in total. The minimum atomic E-state index is -0.548. The van der Waals surface area contributed by atoms with E-state index in [2.05, 4.69) is 10.1 Å². The number of carbonyl (C=O) groups is 1. The van der Waals surface area contributed by atoms with E-state index < -0.39 is 5.97 Å². The Morgan fingerprint density at radius 2 is 1.85 bits per heavy atom. The average molecular weight is 398 g/mol. The lowest BCUT2D eigenvalue weighted by molar-refractivity contribution is -0.129. The van der Waals surface area contributed by atoms with Crippen LogP contribution in [0.25, 0.3) is 11.8 Å². The zero-order chi connectivity index (χ0) is 19.0. The molecule has 0 aliphatic carbocycles. The number of carbonyl (C=O) groups excluding carboxylic acids is 1. The standard InChI is InChI=1S/C20H13Cl2N3O2/c1-12-16(18(22)25(24-12)15-8-3-2-4-9-15)11-17-20(26)27-19(23-17)13-6-5-7-14(21)10-13/h2-11H,1H3/b17-11+. The van der Waals surface area contributed by atoms with E-state index in [9.17, 15) is 4.79 Å². The smallest absolute Gasteiger partial charge is 0.363 e. The predicted octanol–water partition coefficient (Wildman–Crippen LogP) is 4.83. The molecule has 7 heteroatoms. The Hall–Kier alpha value is -2.89. The first-order valence-corrected chi connectivity index (χ1v) is 8.87. The summed E-state index contributed by atoms with van der Waals surface area (Å²) < 4.78 is 6.89. The molecule has 0 saturated heterocycles. The Bertz CT molecular complexity index is 1100. The summed E-state index contributed by atoms with van der Waals surface area (Å²) in [7, 11) is 0. The van der Waals surface area contributed by atoms with Crippen molar-refractivity contribution in [2.45, 2.75) is 6.92 Å². The zero-order valence-corrected chi connectivity index (χ0v) is 15.7. The number of halogens is 2. The van der Waals surface area contributed by atoms with Crippen molar-refractivity contribution in [1.29, 1.82) is 0 Å². The van der Waals surface area contributed by atoms with Gasteiger partial charge in [-0.25, -0.2) is 14.5 Å². The van der Waals surface area contributed by atoms with Gasteiger partial charge in [0.1, 0.15) is 5.15 Å². The van der Waals surface area contributed by atoms with Crippen LogP contribution < -0.4 is 0 Å². The third-order valence-corrected chi connectivity index (χ3v) is 4.62. The van der Waals surface area contributed by atoms with E-state index in [0.29, 0.717) is 27.0 Å². The van der Waals surface area contributed by atoms with Gasteiger partial charge in [-0.1, -0.05) is 47.5 Å². The van der Waals surface area contributed by atoms with Crippen LogP contribution in [0.3, 0.4) is 0 Å². The summed E-state index contributed by atoms with van der Waals surface area (Å²) in [5.74, 6) is -0.342. The maximum Gasteiger partial charge on any atom is 0.363 e. The van der Waals surface area contributed by atoms with E-state index in [1.54, 1.807) is 35.0 Å². The fourth-order valence-electron chi connectivity index (χ4n) is 2.71. The third kappa shape index (κ3) is 3.39. The Morgan fingerprint density at radius 3 is 2.59 bits per heavy atom. The van der Waals surface area contributed by atoms with Crippen molar-refractivity contribution in [2.24, 2.45) is 4.99 Å². The van der Waals surface area contributed by atoms with Crippen LogP contribution >= 0.6 is 23.2 Å². The second-order valence-electron chi connectivity index (χ2n) is 5.88. The van der Waals surface area contributed by atoms with Gasteiger partial charge in [0.2, 0.25) is 5.90 Å². The molecule has 0 unspecified atom stereocenters. The maximum atomic E-state index is 12.2. The molecule has 27 heavy (non-hydrogen) atoms. The Kier molecular flexibility index (Phi) is 4.56. The molecule has 2 aromatic carbocycles. The van der Waals surface area contributed by atoms with E-state index in [0.717, 1.165) is 5.69 Å². The lowest BCUT2D eigenvalue weighted by atomic mass is 10.2. The molecule has 0 radical (unpaired) electrons. The number of aryl methyl sites for hydroxylation is 1. The number of aromatic nitrogens is 2. The number of cyclic esters (lactones) is 1. The SMILES string of the molecule is Cc1nn(-c2ccccc2)c(Cl)c1/C=C1/N=C(c2cccc(Cl)c2)OC1=O. The Balaban J connectivity index is 1.74. The minimum absolute atomic E-state index is 0.155. The van der Waals surface area contributed by atoms with Crippen molar-refractivity contribution in [3.8, 4) is 5.69 Å². The van der Waals surface area contributed by atoms with Gasteiger partial charge in [-0.3, -0.25) is 0 Å². The van der Waals surface area contributed by atoms with Gasteiger partial charge in [0.15, 0.2) is 5.70 Å². The van der Waals surface area contributed by atoms with Crippen LogP contribution in [-0.4, -0.2) is 21.6 Å². The highest BCUT2D eigenvalue weighted by molar-refractivity contribution is 6.32. The third-order valence-electron chi connectivity index (χ3n) is 4.02. The second kappa shape index (κ2) is 7.02. The highest BCUT2D eigenvalue weighted by atomic mass is 35.5. The number of esters is 1. The lowest BCUT2D eigenvalue weighted by Crippen LogP contribution is -2.05. The molecular formula is C20H13Cl2N3O2. The van der Waals surface area contributed by atoms with Gasteiger partial charge in [0, 0.05) is 16.1 Å². The molecule has 0 fully saturated rings. The number of ether oxygens (including phenoxy) is 1. The number of para-hydroxylation sites is 1. The maximum absolute atomic E-state index is 12.2. The molecule has 2 heterocycles. The molecule has 0 amide bonds. The summed E-state index contributed by atoms with van der Waals surface area (Å²) in [4.78, 5) is 16.5. The van der Waals surface area contributed by atoms with E-state index in [-0.39, 0.29) is 11.6 Å². The first-order valence-electron chi connectivity index (χ1n) is 8.12. The van der Waals surface area contributed by atoms with Gasteiger partial charge in [0.25, 0.3) is 0 Å². The summed E-state index contributed by atoms with van der Waals surface area (Å²) in [6.45, 7) is 1.82. The summed E-state index contributed by atoms with van der Waals surface area (Å²) >= 11 is 12.5. The topological polar surface area (TPSA) is 56.5 Å². The fraction of sp³-hybridized carbons (Fsp3) is 0.0500. The fourth-order valence-corrected chi connectivity index (χ4v) is 3.22. The number of aliphatic imine (C=N–C) groups is 1. The quantitative estimate of drug-likeness (QED) is 0.469. The first kappa shape index (κ1) is 17.5. The van der Waals surface area contributed by atoms with Crippen LogP contribution in [-0.2, 0) is 9.53 Å². The van der Waals surface area contributed by atoms with Gasteiger partial charge in [0.05, 0.1) is 11.4 Å². The molecule has 0 spiro atoms. The average Bonchev–Trinajstić information content (AvgIpc) is 3.17. The molecule has 4 rings (SSSR count). The number of benzene rings is 2. The van der Waals surface area contributed by atoms with E-state index in [1.807, 2.05) is 37.3 Å². The highest BCUT2D eigenvalue weighted by Crippen LogP contribution is 2.28. The molecule has 1 aromatic heterocycles. The summed E-state index contributed by atoms with van der Waals surface area (Å²) in [5, 5.41) is 5.39. The van der Waals surface area contributed by atoms with Crippen LogP contribution in [0.2, 0.25) is 10.2 Å². The first-order chi connectivity index (χ1) is 13.0. The summed E-state index contributed by atoms with van der Waals surface area (Å²) in [6.07, 6.45) is 1.59. The molecule has 0 N–H and O–H groups in total. The Labute approximate surface area is 165 Å². The van der Waals surface area contributed by atoms with Crippen molar-refractivity contribution in [3.05, 3.63) is 87.3 Å². The van der Waals surface area contributed by atoms with E-state index >= 15 is 0 Å². The zero-order valence-electron chi connectivity index (χ0n) is 14.2. The number of hydrogen-bond donors (Lipinski definition) is 0. The monoisotopic (exact) mass is 397 g/mol. The molecule has 1 aliphatic rings. The summed E-state index contributed by atoms with van der Waals surface area (Å²) in [6, 6.07) is 16.5. The van der Waals surface area contributed by atoms with Crippen molar-refractivity contribution in [1.82, 2.24) is 9.78 Å². The normalized spacial score (nSPS) is 15.1. The van der Waals surface area contributed by atoms with Crippen molar-refractivity contribution in [2.75, 3.05) is 0 Å². The van der Waals surface area contributed by atoms with Gasteiger partial charge in [-0.05, 0) is 43.3 Å². The highest BCUT2D eigenvalue weighted by Gasteiger charge is 2.25. The molecule has 0 bridgehead atoms. The molecule has 134 valence electrons. The van der Waals surface area contributed by atoms with Gasteiger partial charge >= 0.3 is 5.97 Å². The number of nitrogens with zero attached hydrogens (tertiary/aromatic N) is 3.